The molecule has 4 nitrogen and oxygen atoms in total. The molecule has 0 aromatic heterocycles. The molecule has 124 valence electrons. The summed E-state index contributed by atoms with van der Waals surface area (Å²) in [6, 6.07) is 0. The normalized spacial score (nSPS) is 12.0. The fourth-order valence-electron chi connectivity index (χ4n) is 2.24. The highest BCUT2D eigenvalue weighted by Crippen LogP contribution is 2.14. The maximum absolute atomic E-state index is 11.4. The van der Waals surface area contributed by atoms with Crippen molar-refractivity contribution in [3.63, 3.8) is 0 Å². The Balaban J connectivity index is 3.29. The van der Waals surface area contributed by atoms with E-state index in [1.54, 1.807) is 0 Å². The van der Waals surface area contributed by atoms with E-state index in [1.165, 1.54) is 25.7 Å². The molecule has 0 aliphatic carbocycles. The monoisotopic (exact) mass is 300 g/mol. The van der Waals surface area contributed by atoms with E-state index in [0.717, 1.165) is 25.7 Å². The summed E-state index contributed by atoms with van der Waals surface area (Å²) in [5.41, 5.74) is 0. The van der Waals surface area contributed by atoms with Crippen molar-refractivity contribution in [2.24, 2.45) is 5.92 Å². The third kappa shape index (κ3) is 12.4. The Kier molecular flexibility index (Phi) is 13.2. The molecule has 0 radical (unpaired) electrons. The maximum Gasteiger partial charge on any atom is 0.308 e. The first-order valence-corrected chi connectivity index (χ1v) is 8.44. The number of ether oxygens (including phenoxy) is 2. The fourth-order valence-corrected chi connectivity index (χ4v) is 2.24. The SMILES string of the molecule is CCOC(=O)CCCCCCCCCC(C)C(=O)OCC. The van der Waals surface area contributed by atoms with E-state index in [2.05, 4.69) is 0 Å². The summed E-state index contributed by atoms with van der Waals surface area (Å²) in [5, 5.41) is 0. The largest absolute Gasteiger partial charge is 0.466 e. The third-order valence-corrected chi connectivity index (χ3v) is 3.51. The number of esters is 2. The van der Waals surface area contributed by atoms with Crippen molar-refractivity contribution in [3.05, 3.63) is 0 Å². The zero-order valence-electron chi connectivity index (χ0n) is 14.0. The van der Waals surface area contributed by atoms with Gasteiger partial charge in [-0.1, -0.05) is 45.4 Å². The van der Waals surface area contributed by atoms with Crippen molar-refractivity contribution >= 4 is 11.9 Å². The van der Waals surface area contributed by atoms with Gasteiger partial charge in [-0.25, -0.2) is 0 Å². The first-order chi connectivity index (χ1) is 10.1. The Morgan fingerprint density at radius 2 is 1.33 bits per heavy atom. The van der Waals surface area contributed by atoms with Gasteiger partial charge in [-0.05, 0) is 26.7 Å². The minimum absolute atomic E-state index is 0.0227. The molecule has 0 amide bonds. The maximum atomic E-state index is 11.4. The van der Waals surface area contributed by atoms with E-state index >= 15 is 0 Å². The molecule has 1 unspecified atom stereocenters. The van der Waals surface area contributed by atoms with E-state index < -0.39 is 0 Å². The molecule has 4 heteroatoms. The standard InChI is InChI=1S/C17H32O4/c1-4-20-16(18)14-12-10-8-6-7-9-11-13-15(3)17(19)21-5-2/h15H,4-14H2,1-3H3. The summed E-state index contributed by atoms with van der Waals surface area (Å²) < 4.78 is 9.87. The fraction of sp³-hybridized carbons (Fsp3) is 0.882. The van der Waals surface area contributed by atoms with Gasteiger partial charge in [0.05, 0.1) is 19.1 Å². The van der Waals surface area contributed by atoms with Crippen LogP contribution in [0.5, 0.6) is 0 Å². The molecule has 0 aliphatic heterocycles. The molecule has 0 spiro atoms. The van der Waals surface area contributed by atoms with Gasteiger partial charge in [0.15, 0.2) is 0 Å². The highest BCUT2D eigenvalue weighted by Gasteiger charge is 2.12. The third-order valence-electron chi connectivity index (χ3n) is 3.51. The Morgan fingerprint density at radius 3 is 1.90 bits per heavy atom. The van der Waals surface area contributed by atoms with Crippen LogP contribution in [0.15, 0.2) is 0 Å². The summed E-state index contributed by atoms with van der Waals surface area (Å²) in [6.45, 7) is 6.55. The van der Waals surface area contributed by atoms with Crippen LogP contribution in [0.3, 0.4) is 0 Å². The second-order valence-corrected chi connectivity index (χ2v) is 5.47. The second-order valence-electron chi connectivity index (χ2n) is 5.47. The van der Waals surface area contributed by atoms with Crippen LogP contribution in [0.4, 0.5) is 0 Å². The van der Waals surface area contributed by atoms with Gasteiger partial charge in [0, 0.05) is 6.42 Å². The van der Waals surface area contributed by atoms with Gasteiger partial charge in [-0.15, -0.1) is 0 Å². The van der Waals surface area contributed by atoms with Crippen molar-refractivity contribution < 1.29 is 19.1 Å². The number of rotatable bonds is 13. The van der Waals surface area contributed by atoms with Crippen LogP contribution >= 0.6 is 0 Å². The van der Waals surface area contributed by atoms with Gasteiger partial charge in [-0.2, -0.15) is 0 Å². The second kappa shape index (κ2) is 13.9. The predicted molar refractivity (Wildman–Crippen MR) is 84.0 cm³/mol. The molecule has 0 aromatic rings. The number of hydrogen-bond acceptors (Lipinski definition) is 4. The van der Waals surface area contributed by atoms with E-state index in [1.807, 2.05) is 20.8 Å². The molecule has 0 heterocycles. The lowest BCUT2D eigenvalue weighted by Crippen LogP contribution is -2.14. The van der Waals surface area contributed by atoms with Crippen molar-refractivity contribution in [2.45, 2.75) is 78.6 Å². The van der Waals surface area contributed by atoms with Crippen molar-refractivity contribution in [3.8, 4) is 0 Å². The van der Waals surface area contributed by atoms with Crippen LogP contribution in [-0.2, 0) is 19.1 Å². The van der Waals surface area contributed by atoms with Crippen LogP contribution in [0.1, 0.15) is 78.6 Å². The quantitative estimate of drug-likeness (QED) is 0.377. The smallest absolute Gasteiger partial charge is 0.308 e. The average molecular weight is 300 g/mol. The van der Waals surface area contributed by atoms with Crippen molar-refractivity contribution in [2.75, 3.05) is 13.2 Å². The summed E-state index contributed by atoms with van der Waals surface area (Å²) in [6.07, 6.45) is 9.33. The van der Waals surface area contributed by atoms with E-state index in [0.29, 0.717) is 19.6 Å². The molecular formula is C17H32O4. The van der Waals surface area contributed by atoms with Crippen LogP contribution in [-0.4, -0.2) is 25.2 Å². The Labute approximate surface area is 129 Å². The van der Waals surface area contributed by atoms with Crippen molar-refractivity contribution in [1.82, 2.24) is 0 Å². The van der Waals surface area contributed by atoms with Gasteiger partial charge in [0.25, 0.3) is 0 Å². The highest BCUT2D eigenvalue weighted by molar-refractivity contribution is 5.71. The molecule has 1 atom stereocenters. The molecule has 21 heavy (non-hydrogen) atoms. The summed E-state index contributed by atoms with van der Waals surface area (Å²) in [5.74, 6) is -0.128. The number of carbonyl (C=O) groups excluding carboxylic acids is 2. The first-order valence-electron chi connectivity index (χ1n) is 8.44. The Hall–Kier alpha value is -1.06. The minimum atomic E-state index is -0.0783. The topological polar surface area (TPSA) is 52.6 Å². The van der Waals surface area contributed by atoms with Crippen LogP contribution in [0.2, 0.25) is 0 Å². The number of carbonyl (C=O) groups is 2. The summed E-state index contributed by atoms with van der Waals surface area (Å²) >= 11 is 0. The Morgan fingerprint density at radius 1 is 0.810 bits per heavy atom. The molecule has 0 saturated carbocycles. The number of unbranched alkanes of at least 4 members (excludes halogenated alkanes) is 6. The molecular weight excluding hydrogens is 268 g/mol. The zero-order valence-corrected chi connectivity index (χ0v) is 14.0. The molecule has 0 bridgehead atoms. The first kappa shape index (κ1) is 19.9. The van der Waals surface area contributed by atoms with Gasteiger partial charge in [0.1, 0.15) is 0 Å². The predicted octanol–water partition coefficient (Wildman–Crippen LogP) is 4.26. The van der Waals surface area contributed by atoms with Gasteiger partial charge >= 0.3 is 11.9 Å². The molecule has 0 rings (SSSR count). The summed E-state index contributed by atoms with van der Waals surface area (Å²) in [7, 11) is 0. The van der Waals surface area contributed by atoms with Crippen molar-refractivity contribution in [1.29, 1.82) is 0 Å². The lowest BCUT2D eigenvalue weighted by molar-refractivity contribution is -0.147. The zero-order chi connectivity index (χ0) is 15.9. The molecule has 0 N–H and O–H groups in total. The lowest BCUT2D eigenvalue weighted by atomic mass is 10.0. The molecule has 0 fully saturated rings. The van der Waals surface area contributed by atoms with Gasteiger partial charge < -0.3 is 9.47 Å². The number of hydrogen-bond donors (Lipinski definition) is 0. The lowest BCUT2D eigenvalue weighted by Gasteiger charge is -2.09. The van der Waals surface area contributed by atoms with Gasteiger partial charge in [0.2, 0.25) is 0 Å². The highest BCUT2D eigenvalue weighted by atomic mass is 16.5. The van der Waals surface area contributed by atoms with E-state index in [4.69, 9.17) is 9.47 Å². The van der Waals surface area contributed by atoms with Crippen LogP contribution in [0, 0.1) is 5.92 Å². The van der Waals surface area contributed by atoms with E-state index in [-0.39, 0.29) is 17.9 Å². The average Bonchev–Trinajstić information content (AvgIpc) is 2.45. The Bertz CT molecular complexity index is 276. The molecule has 0 aromatic carbocycles. The van der Waals surface area contributed by atoms with Crippen LogP contribution in [0.25, 0.3) is 0 Å². The molecule has 0 aliphatic rings. The van der Waals surface area contributed by atoms with Gasteiger partial charge in [-0.3, -0.25) is 9.59 Å². The molecule has 0 saturated heterocycles. The summed E-state index contributed by atoms with van der Waals surface area (Å²) in [4.78, 5) is 22.5. The van der Waals surface area contributed by atoms with E-state index in [9.17, 15) is 9.59 Å². The van der Waals surface area contributed by atoms with Crippen LogP contribution < -0.4 is 0 Å². The minimum Gasteiger partial charge on any atom is -0.466 e.